The van der Waals surface area contributed by atoms with Gasteiger partial charge < -0.3 is 4.90 Å². The van der Waals surface area contributed by atoms with Crippen LogP contribution in [0.3, 0.4) is 0 Å². The number of benzene rings is 1. The normalized spacial score (nSPS) is 15.8. The third-order valence-corrected chi connectivity index (χ3v) is 5.16. The van der Waals surface area contributed by atoms with Crippen molar-refractivity contribution in [2.75, 3.05) is 14.1 Å². The molecule has 0 spiro atoms. The van der Waals surface area contributed by atoms with Crippen molar-refractivity contribution in [3.8, 4) is 0 Å². The summed E-state index contributed by atoms with van der Waals surface area (Å²) in [5.74, 6) is 0. The maximum atomic E-state index is 5.42. The van der Waals surface area contributed by atoms with Gasteiger partial charge in [0.2, 0.25) is 0 Å². The van der Waals surface area contributed by atoms with Crippen molar-refractivity contribution in [2.24, 2.45) is 0 Å². The first-order valence-corrected chi connectivity index (χ1v) is 7.79. The van der Waals surface area contributed by atoms with Gasteiger partial charge in [0, 0.05) is 25.7 Å². The largest absolute Gasteiger partial charge is 0.355 e. The molecule has 0 unspecified atom stereocenters. The van der Waals surface area contributed by atoms with Gasteiger partial charge in [0.15, 0.2) is 5.11 Å². The lowest BCUT2D eigenvalue weighted by molar-refractivity contribution is 0.423. The quantitative estimate of drug-likeness (QED) is 0.795. The summed E-state index contributed by atoms with van der Waals surface area (Å²) in [5.41, 5.74) is 4.20. The van der Waals surface area contributed by atoms with E-state index in [-0.39, 0.29) is 5.41 Å². The molecular weight excluding hydrogens is 278 g/mol. The Labute approximate surface area is 131 Å². The van der Waals surface area contributed by atoms with Crippen molar-refractivity contribution in [2.45, 2.75) is 31.6 Å². The maximum Gasteiger partial charge on any atom is 0.180 e. The minimum Gasteiger partial charge on any atom is -0.355 e. The van der Waals surface area contributed by atoms with Crippen LogP contribution in [0.5, 0.6) is 0 Å². The first-order chi connectivity index (χ1) is 10.1. The standard InChI is InChI=1S/C17H21N3S/c1-4-17(9-13-7-5-6-8-14(13)10-17)15-11-20(12-18-15)16(21)19(2)3/h5-8,11-12H,4,9-10H2,1-3H3. The fourth-order valence-corrected chi connectivity index (χ4v) is 3.34. The van der Waals surface area contributed by atoms with Gasteiger partial charge in [-0.2, -0.15) is 0 Å². The molecule has 0 N–H and O–H groups in total. The van der Waals surface area contributed by atoms with E-state index in [4.69, 9.17) is 12.2 Å². The molecule has 0 fully saturated rings. The van der Waals surface area contributed by atoms with E-state index in [1.165, 1.54) is 11.1 Å². The molecule has 3 rings (SSSR count). The maximum absolute atomic E-state index is 5.42. The smallest absolute Gasteiger partial charge is 0.180 e. The van der Waals surface area contributed by atoms with Crippen LogP contribution in [0.15, 0.2) is 36.8 Å². The van der Waals surface area contributed by atoms with E-state index in [1.807, 2.05) is 29.9 Å². The number of hydrogen-bond acceptors (Lipinski definition) is 2. The van der Waals surface area contributed by atoms with E-state index in [0.29, 0.717) is 0 Å². The zero-order chi connectivity index (χ0) is 15.0. The van der Waals surface area contributed by atoms with Crippen molar-refractivity contribution >= 4 is 17.3 Å². The van der Waals surface area contributed by atoms with Gasteiger partial charge in [-0.15, -0.1) is 0 Å². The summed E-state index contributed by atoms with van der Waals surface area (Å²) >= 11 is 5.42. The average Bonchev–Trinajstić information content (AvgIpc) is 3.11. The molecule has 21 heavy (non-hydrogen) atoms. The molecule has 1 aromatic carbocycles. The molecule has 1 aliphatic rings. The molecular formula is C17H21N3S. The summed E-state index contributed by atoms with van der Waals surface area (Å²) in [4.78, 5) is 6.61. The second-order valence-electron chi connectivity index (χ2n) is 6.10. The zero-order valence-corrected chi connectivity index (χ0v) is 13.7. The second kappa shape index (κ2) is 5.26. The fourth-order valence-electron chi connectivity index (χ4n) is 3.24. The number of fused-ring (bicyclic) bond motifs is 1. The summed E-state index contributed by atoms with van der Waals surface area (Å²) in [6, 6.07) is 8.75. The molecule has 0 radical (unpaired) electrons. The molecule has 1 heterocycles. The Bertz CT molecular complexity index is 647. The third-order valence-electron chi connectivity index (χ3n) is 4.58. The molecule has 3 nitrogen and oxygen atoms in total. The van der Waals surface area contributed by atoms with Crippen molar-refractivity contribution in [1.29, 1.82) is 0 Å². The van der Waals surface area contributed by atoms with E-state index >= 15 is 0 Å². The van der Waals surface area contributed by atoms with Crippen LogP contribution in [0.25, 0.3) is 0 Å². The Hall–Kier alpha value is -1.68. The van der Waals surface area contributed by atoms with Crippen molar-refractivity contribution in [3.63, 3.8) is 0 Å². The molecule has 0 saturated heterocycles. The highest BCUT2D eigenvalue weighted by atomic mass is 32.1. The second-order valence-corrected chi connectivity index (χ2v) is 6.46. The monoisotopic (exact) mass is 299 g/mol. The van der Waals surface area contributed by atoms with E-state index in [0.717, 1.165) is 30.1 Å². The van der Waals surface area contributed by atoms with E-state index in [2.05, 4.69) is 42.4 Å². The number of nitrogens with zero attached hydrogens (tertiary/aromatic N) is 3. The third kappa shape index (κ3) is 2.38. The van der Waals surface area contributed by atoms with Gasteiger partial charge in [0.25, 0.3) is 0 Å². The SMILES string of the molecule is CCC1(c2cn(C(=S)N(C)C)cn2)Cc2ccccc2C1. The highest BCUT2D eigenvalue weighted by Gasteiger charge is 2.39. The Morgan fingerprint density at radius 2 is 1.90 bits per heavy atom. The van der Waals surface area contributed by atoms with Gasteiger partial charge in [0.05, 0.1) is 5.69 Å². The zero-order valence-electron chi connectivity index (χ0n) is 12.8. The summed E-state index contributed by atoms with van der Waals surface area (Å²) in [6.07, 6.45) is 7.19. The lowest BCUT2D eigenvalue weighted by Crippen LogP contribution is -2.28. The Balaban J connectivity index is 1.94. The van der Waals surface area contributed by atoms with Gasteiger partial charge in [-0.1, -0.05) is 31.2 Å². The summed E-state index contributed by atoms with van der Waals surface area (Å²) in [5, 5.41) is 0.774. The van der Waals surface area contributed by atoms with Crippen LogP contribution in [-0.2, 0) is 18.3 Å². The molecule has 1 aromatic heterocycles. The van der Waals surface area contributed by atoms with Crippen molar-refractivity contribution in [1.82, 2.24) is 14.5 Å². The van der Waals surface area contributed by atoms with E-state index in [9.17, 15) is 0 Å². The summed E-state index contributed by atoms with van der Waals surface area (Å²) in [7, 11) is 3.92. The van der Waals surface area contributed by atoms with Crippen LogP contribution in [0.4, 0.5) is 0 Å². The van der Waals surface area contributed by atoms with Crippen LogP contribution in [0, 0.1) is 0 Å². The highest BCUT2D eigenvalue weighted by molar-refractivity contribution is 7.80. The molecule has 0 saturated carbocycles. The molecule has 2 aromatic rings. The van der Waals surface area contributed by atoms with Crippen LogP contribution < -0.4 is 0 Å². The fraction of sp³-hybridized carbons (Fsp3) is 0.412. The number of imidazole rings is 1. The highest BCUT2D eigenvalue weighted by Crippen LogP contribution is 2.41. The Kier molecular flexibility index (Phi) is 3.57. The molecule has 0 amide bonds. The minimum absolute atomic E-state index is 0.122. The number of rotatable bonds is 2. The molecule has 0 aliphatic heterocycles. The van der Waals surface area contributed by atoms with Gasteiger partial charge >= 0.3 is 0 Å². The van der Waals surface area contributed by atoms with Crippen LogP contribution in [-0.4, -0.2) is 33.7 Å². The average molecular weight is 299 g/mol. The first kappa shape index (κ1) is 14.3. The summed E-state index contributed by atoms with van der Waals surface area (Å²) < 4.78 is 1.95. The van der Waals surface area contributed by atoms with Gasteiger partial charge in [-0.25, -0.2) is 4.98 Å². The molecule has 110 valence electrons. The lowest BCUT2D eigenvalue weighted by Gasteiger charge is -2.25. The minimum atomic E-state index is 0.122. The van der Waals surface area contributed by atoms with E-state index < -0.39 is 0 Å². The van der Waals surface area contributed by atoms with E-state index in [1.54, 1.807) is 0 Å². The predicted molar refractivity (Wildman–Crippen MR) is 89.7 cm³/mol. The Morgan fingerprint density at radius 1 is 1.29 bits per heavy atom. The van der Waals surface area contributed by atoms with Gasteiger partial charge in [-0.3, -0.25) is 4.57 Å². The number of hydrogen-bond donors (Lipinski definition) is 0. The predicted octanol–water partition coefficient (Wildman–Crippen LogP) is 3.02. The van der Waals surface area contributed by atoms with Crippen molar-refractivity contribution in [3.05, 3.63) is 53.6 Å². The van der Waals surface area contributed by atoms with Gasteiger partial charge in [-0.05, 0) is 42.6 Å². The van der Waals surface area contributed by atoms with Crippen molar-refractivity contribution < 1.29 is 0 Å². The Morgan fingerprint density at radius 3 is 2.43 bits per heavy atom. The molecule has 0 atom stereocenters. The molecule has 0 bridgehead atoms. The lowest BCUT2D eigenvalue weighted by atomic mass is 9.79. The van der Waals surface area contributed by atoms with Crippen LogP contribution in [0.1, 0.15) is 30.2 Å². The van der Waals surface area contributed by atoms with Crippen LogP contribution >= 0.6 is 12.2 Å². The summed E-state index contributed by atoms with van der Waals surface area (Å²) in [6.45, 7) is 2.26. The number of aromatic nitrogens is 2. The first-order valence-electron chi connectivity index (χ1n) is 7.38. The molecule has 1 aliphatic carbocycles. The molecule has 4 heteroatoms. The topological polar surface area (TPSA) is 21.1 Å². The number of thiocarbonyl (C=S) groups is 1. The van der Waals surface area contributed by atoms with Crippen LogP contribution in [0.2, 0.25) is 0 Å². The van der Waals surface area contributed by atoms with Gasteiger partial charge in [0.1, 0.15) is 6.33 Å².